The molecule has 0 saturated heterocycles. The van der Waals surface area contributed by atoms with Crippen LogP contribution in [0.3, 0.4) is 0 Å². The van der Waals surface area contributed by atoms with Crippen LogP contribution in [-0.4, -0.2) is 13.1 Å². The van der Waals surface area contributed by atoms with Crippen molar-refractivity contribution in [3.05, 3.63) is 48.0 Å². The highest BCUT2D eigenvalue weighted by Crippen LogP contribution is 2.11. The molecule has 0 bridgehead atoms. The molecule has 0 radical (unpaired) electrons. The molecule has 1 N–H and O–H groups in total. The molecule has 0 spiro atoms. The standard InChI is InChI=1S/C15H23N/c1-13(2)12-15(16-3)11-7-10-14-8-5-4-6-9-14/h4-6,8-9,15-16H,1,7,10-12H2,2-3H3. The molecule has 1 rings (SSSR count). The lowest BCUT2D eigenvalue weighted by Gasteiger charge is -2.15. The fraction of sp³-hybridized carbons (Fsp3) is 0.467. The third-order valence-electron chi connectivity index (χ3n) is 2.86. The summed E-state index contributed by atoms with van der Waals surface area (Å²) in [5.41, 5.74) is 2.70. The first-order valence-electron chi connectivity index (χ1n) is 6.08. The van der Waals surface area contributed by atoms with Crippen LogP contribution in [0.1, 0.15) is 31.7 Å². The average molecular weight is 217 g/mol. The average Bonchev–Trinajstić information content (AvgIpc) is 2.28. The molecule has 88 valence electrons. The van der Waals surface area contributed by atoms with Crippen molar-refractivity contribution in [1.29, 1.82) is 0 Å². The van der Waals surface area contributed by atoms with Gasteiger partial charge in [-0.15, -0.1) is 6.58 Å². The van der Waals surface area contributed by atoms with E-state index in [1.165, 1.54) is 30.4 Å². The van der Waals surface area contributed by atoms with Crippen LogP contribution in [0.15, 0.2) is 42.5 Å². The van der Waals surface area contributed by atoms with Crippen molar-refractivity contribution < 1.29 is 0 Å². The molecule has 0 heterocycles. The topological polar surface area (TPSA) is 12.0 Å². The molecule has 1 atom stereocenters. The van der Waals surface area contributed by atoms with Crippen LogP contribution >= 0.6 is 0 Å². The number of aryl methyl sites for hydroxylation is 1. The van der Waals surface area contributed by atoms with Crippen LogP contribution in [-0.2, 0) is 6.42 Å². The smallest absolute Gasteiger partial charge is 0.0101 e. The third-order valence-corrected chi connectivity index (χ3v) is 2.86. The van der Waals surface area contributed by atoms with E-state index in [0.29, 0.717) is 6.04 Å². The molecule has 0 fully saturated rings. The minimum Gasteiger partial charge on any atom is -0.317 e. The number of rotatable bonds is 7. The van der Waals surface area contributed by atoms with Gasteiger partial charge in [0.15, 0.2) is 0 Å². The normalized spacial score (nSPS) is 12.4. The van der Waals surface area contributed by atoms with Gasteiger partial charge in [-0.05, 0) is 45.2 Å². The Morgan fingerprint density at radius 2 is 2.00 bits per heavy atom. The highest BCUT2D eigenvalue weighted by Gasteiger charge is 2.05. The summed E-state index contributed by atoms with van der Waals surface area (Å²) in [5, 5.41) is 3.36. The minimum atomic E-state index is 0.584. The lowest BCUT2D eigenvalue weighted by Crippen LogP contribution is -2.25. The van der Waals surface area contributed by atoms with Crippen LogP contribution in [0, 0.1) is 0 Å². The van der Waals surface area contributed by atoms with Crippen LogP contribution in [0.4, 0.5) is 0 Å². The second-order valence-electron chi connectivity index (χ2n) is 4.52. The fourth-order valence-corrected chi connectivity index (χ4v) is 1.97. The van der Waals surface area contributed by atoms with Gasteiger partial charge in [0, 0.05) is 6.04 Å². The minimum absolute atomic E-state index is 0.584. The first-order chi connectivity index (χ1) is 7.72. The Labute approximate surface area is 99.6 Å². The molecule has 1 aromatic rings. The molecule has 0 amide bonds. The van der Waals surface area contributed by atoms with Gasteiger partial charge < -0.3 is 5.32 Å². The Bertz CT molecular complexity index is 302. The summed E-state index contributed by atoms with van der Waals surface area (Å²) in [6, 6.07) is 11.3. The SMILES string of the molecule is C=C(C)CC(CCCc1ccccc1)NC. The van der Waals surface area contributed by atoms with Gasteiger partial charge in [-0.2, -0.15) is 0 Å². The highest BCUT2D eigenvalue weighted by molar-refractivity contribution is 5.14. The maximum Gasteiger partial charge on any atom is 0.0101 e. The maximum atomic E-state index is 3.97. The van der Waals surface area contributed by atoms with E-state index in [1.54, 1.807) is 0 Å². The zero-order chi connectivity index (χ0) is 11.8. The molecular weight excluding hydrogens is 194 g/mol. The highest BCUT2D eigenvalue weighted by atomic mass is 14.9. The van der Waals surface area contributed by atoms with E-state index >= 15 is 0 Å². The zero-order valence-electron chi connectivity index (χ0n) is 10.5. The number of benzene rings is 1. The fourth-order valence-electron chi connectivity index (χ4n) is 1.97. The van der Waals surface area contributed by atoms with E-state index in [2.05, 4.69) is 49.2 Å². The van der Waals surface area contributed by atoms with E-state index in [-0.39, 0.29) is 0 Å². The molecule has 1 unspecified atom stereocenters. The van der Waals surface area contributed by atoms with Crippen molar-refractivity contribution in [3.63, 3.8) is 0 Å². The van der Waals surface area contributed by atoms with Crippen LogP contribution < -0.4 is 5.32 Å². The third kappa shape index (κ3) is 5.13. The van der Waals surface area contributed by atoms with E-state index in [0.717, 1.165) is 6.42 Å². The largest absolute Gasteiger partial charge is 0.317 e. The number of hydrogen-bond donors (Lipinski definition) is 1. The maximum absolute atomic E-state index is 3.97. The molecule has 0 aliphatic heterocycles. The van der Waals surface area contributed by atoms with Gasteiger partial charge in [0.2, 0.25) is 0 Å². The molecule has 1 nitrogen and oxygen atoms in total. The van der Waals surface area contributed by atoms with E-state index in [4.69, 9.17) is 0 Å². The molecule has 0 saturated carbocycles. The molecule has 0 aliphatic carbocycles. The van der Waals surface area contributed by atoms with Gasteiger partial charge in [-0.25, -0.2) is 0 Å². The molecule has 1 aromatic carbocycles. The number of nitrogens with one attached hydrogen (secondary N) is 1. The molecule has 1 heteroatoms. The monoisotopic (exact) mass is 217 g/mol. The van der Waals surface area contributed by atoms with Gasteiger partial charge in [0.25, 0.3) is 0 Å². The van der Waals surface area contributed by atoms with Crippen molar-refractivity contribution in [2.24, 2.45) is 0 Å². The Kier molecular flexibility index (Phi) is 5.87. The molecule has 16 heavy (non-hydrogen) atoms. The van der Waals surface area contributed by atoms with Crippen molar-refractivity contribution in [3.8, 4) is 0 Å². The van der Waals surface area contributed by atoms with Crippen molar-refractivity contribution >= 4 is 0 Å². The van der Waals surface area contributed by atoms with Crippen molar-refractivity contribution in [2.45, 2.75) is 38.6 Å². The summed E-state index contributed by atoms with van der Waals surface area (Å²) in [6.07, 6.45) is 4.72. The first kappa shape index (κ1) is 13.0. The van der Waals surface area contributed by atoms with Crippen molar-refractivity contribution in [2.75, 3.05) is 7.05 Å². The summed E-state index contributed by atoms with van der Waals surface area (Å²) in [4.78, 5) is 0. The Balaban J connectivity index is 2.26. The zero-order valence-corrected chi connectivity index (χ0v) is 10.5. The van der Waals surface area contributed by atoms with Gasteiger partial charge in [0.1, 0.15) is 0 Å². The summed E-state index contributed by atoms with van der Waals surface area (Å²) in [6.45, 7) is 6.07. The summed E-state index contributed by atoms with van der Waals surface area (Å²) in [5.74, 6) is 0. The van der Waals surface area contributed by atoms with E-state index in [1.807, 2.05) is 7.05 Å². The van der Waals surface area contributed by atoms with Gasteiger partial charge >= 0.3 is 0 Å². The molecular formula is C15H23N. The Morgan fingerprint density at radius 3 is 2.56 bits per heavy atom. The van der Waals surface area contributed by atoms with Crippen LogP contribution in [0.5, 0.6) is 0 Å². The predicted molar refractivity (Wildman–Crippen MR) is 71.7 cm³/mol. The molecule has 0 aliphatic rings. The summed E-state index contributed by atoms with van der Waals surface area (Å²) in [7, 11) is 2.04. The summed E-state index contributed by atoms with van der Waals surface area (Å²) < 4.78 is 0. The molecule has 0 aromatic heterocycles. The Hall–Kier alpha value is -1.08. The van der Waals surface area contributed by atoms with E-state index in [9.17, 15) is 0 Å². The van der Waals surface area contributed by atoms with Crippen LogP contribution in [0.2, 0.25) is 0 Å². The Morgan fingerprint density at radius 1 is 1.31 bits per heavy atom. The first-order valence-corrected chi connectivity index (χ1v) is 6.08. The predicted octanol–water partition coefficient (Wildman–Crippen LogP) is 3.56. The second kappa shape index (κ2) is 7.24. The van der Waals surface area contributed by atoms with E-state index < -0.39 is 0 Å². The van der Waals surface area contributed by atoms with Gasteiger partial charge in [0.05, 0.1) is 0 Å². The lowest BCUT2D eigenvalue weighted by atomic mass is 10.0. The second-order valence-corrected chi connectivity index (χ2v) is 4.52. The van der Waals surface area contributed by atoms with Gasteiger partial charge in [-0.1, -0.05) is 35.9 Å². The quantitative estimate of drug-likeness (QED) is 0.689. The lowest BCUT2D eigenvalue weighted by molar-refractivity contribution is 0.501. The summed E-state index contributed by atoms with van der Waals surface area (Å²) >= 11 is 0. The van der Waals surface area contributed by atoms with Gasteiger partial charge in [-0.3, -0.25) is 0 Å². The number of hydrogen-bond acceptors (Lipinski definition) is 1. The van der Waals surface area contributed by atoms with Crippen molar-refractivity contribution in [1.82, 2.24) is 5.32 Å². The van der Waals surface area contributed by atoms with Crippen LogP contribution in [0.25, 0.3) is 0 Å².